The molecule has 0 spiro atoms. The minimum Gasteiger partial charge on any atom is -0.497 e. The van der Waals surface area contributed by atoms with Crippen molar-refractivity contribution in [1.29, 1.82) is 0 Å². The molecule has 144 valence electrons. The van der Waals surface area contributed by atoms with Crippen LogP contribution in [0.5, 0.6) is 11.5 Å². The molecule has 0 aromatic heterocycles. The van der Waals surface area contributed by atoms with E-state index in [4.69, 9.17) is 14.2 Å². The summed E-state index contributed by atoms with van der Waals surface area (Å²) < 4.78 is 15.2. The van der Waals surface area contributed by atoms with Crippen LogP contribution in [0.1, 0.15) is 27.6 Å². The number of ether oxygens (including phenoxy) is 3. The second kappa shape index (κ2) is 10.5. The first-order valence-corrected chi connectivity index (χ1v) is 8.49. The Bertz CT molecular complexity index is 893. The fraction of sp³-hybridized carbons (Fsp3) is 0.136. The predicted octanol–water partition coefficient (Wildman–Crippen LogP) is 3.77. The van der Waals surface area contributed by atoms with Gasteiger partial charge in [0.25, 0.3) is 0 Å². The van der Waals surface area contributed by atoms with E-state index in [1.54, 1.807) is 36.4 Å². The summed E-state index contributed by atoms with van der Waals surface area (Å²) in [5.41, 5.74) is 0.684. The van der Waals surface area contributed by atoms with Crippen LogP contribution in [0.2, 0.25) is 0 Å². The summed E-state index contributed by atoms with van der Waals surface area (Å²) in [7, 11) is 1.51. The van der Waals surface area contributed by atoms with E-state index in [0.717, 1.165) is 0 Å². The molecule has 6 nitrogen and oxygen atoms in total. The number of Topliss-reactive ketones (excluding diaryl/α,β-unsaturated/α-hetero) is 1. The molecule has 0 heterocycles. The highest BCUT2D eigenvalue weighted by molar-refractivity contribution is 5.98. The Labute approximate surface area is 163 Å². The highest BCUT2D eigenvalue weighted by Crippen LogP contribution is 2.17. The third-order valence-corrected chi connectivity index (χ3v) is 3.57. The van der Waals surface area contributed by atoms with Crippen molar-refractivity contribution in [3.8, 4) is 11.5 Å². The molecule has 28 heavy (non-hydrogen) atoms. The smallest absolute Gasteiger partial charge is 0.343 e. The Kier molecular flexibility index (Phi) is 7.72. The molecule has 0 amide bonds. The van der Waals surface area contributed by atoms with E-state index in [9.17, 15) is 14.4 Å². The van der Waals surface area contributed by atoms with Gasteiger partial charge in [-0.15, -0.1) is 0 Å². The highest BCUT2D eigenvalue weighted by Gasteiger charge is 2.12. The Morgan fingerprint density at radius 2 is 1.68 bits per heavy atom. The summed E-state index contributed by atoms with van der Waals surface area (Å²) in [6, 6.07) is 12.6. The molecule has 0 radical (unpaired) electrons. The van der Waals surface area contributed by atoms with E-state index in [0.29, 0.717) is 16.9 Å². The molecule has 0 aliphatic heterocycles. The van der Waals surface area contributed by atoms with Gasteiger partial charge in [0, 0.05) is 11.6 Å². The first-order valence-electron chi connectivity index (χ1n) is 8.49. The van der Waals surface area contributed by atoms with Crippen LogP contribution in [0.25, 0.3) is 0 Å². The third-order valence-electron chi connectivity index (χ3n) is 3.57. The summed E-state index contributed by atoms with van der Waals surface area (Å²) >= 11 is 0. The normalized spacial score (nSPS) is 10.8. The summed E-state index contributed by atoms with van der Waals surface area (Å²) in [5.74, 6) is -0.672. The molecule has 0 saturated heterocycles. The van der Waals surface area contributed by atoms with Crippen LogP contribution in [0.15, 0.2) is 72.8 Å². The SMILES string of the molecule is CC=CC=CC(=O)OCC(=O)c1ccc(OC(=O)c2cccc(OC)c2)cc1. The number of hydrogen-bond donors (Lipinski definition) is 0. The van der Waals surface area contributed by atoms with Crippen molar-refractivity contribution in [1.82, 2.24) is 0 Å². The molecule has 0 unspecified atom stereocenters. The van der Waals surface area contributed by atoms with E-state index in [1.165, 1.54) is 43.5 Å². The van der Waals surface area contributed by atoms with Crippen molar-refractivity contribution in [2.75, 3.05) is 13.7 Å². The number of hydrogen-bond acceptors (Lipinski definition) is 6. The van der Waals surface area contributed by atoms with Crippen LogP contribution in [0.3, 0.4) is 0 Å². The maximum absolute atomic E-state index is 12.2. The average Bonchev–Trinajstić information content (AvgIpc) is 2.72. The lowest BCUT2D eigenvalue weighted by Gasteiger charge is -2.07. The van der Waals surface area contributed by atoms with E-state index in [2.05, 4.69) is 0 Å². The van der Waals surface area contributed by atoms with Gasteiger partial charge in [0.1, 0.15) is 11.5 Å². The molecule has 2 rings (SSSR count). The number of allylic oxidation sites excluding steroid dienone is 3. The summed E-state index contributed by atoms with van der Waals surface area (Å²) in [6.07, 6.45) is 6.19. The van der Waals surface area contributed by atoms with Gasteiger partial charge in [-0.05, 0) is 49.4 Å². The van der Waals surface area contributed by atoms with Gasteiger partial charge in [-0.1, -0.05) is 24.3 Å². The second-order valence-corrected chi connectivity index (χ2v) is 5.56. The maximum atomic E-state index is 12.2. The molecule has 0 aliphatic rings. The van der Waals surface area contributed by atoms with Crippen LogP contribution in [-0.2, 0) is 9.53 Å². The first kappa shape index (κ1) is 20.6. The zero-order valence-electron chi connectivity index (χ0n) is 15.6. The van der Waals surface area contributed by atoms with Crippen LogP contribution < -0.4 is 9.47 Å². The molecule has 2 aromatic rings. The number of esters is 2. The largest absolute Gasteiger partial charge is 0.497 e. The van der Waals surface area contributed by atoms with E-state index in [-0.39, 0.29) is 18.1 Å². The Hall–Kier alpha value is -3.67. The van der Waals surface area contributed by atoms with Crippen molar-refractivity contribution in [3.63, 3.8) is 0 Å². The maximum Gasteiger partial charge on any atom is 0.343 e. The van der Waals surface area contributed by atoms with Gasteiger partial charge in [0.05, 0.1) is 12.7 Å². The molecule has 6 heteroatoms. The lowest BCUT2D eigenvalue weighted by molar-refractivity contribution is -0.136. The Morgan fingerprint density at radius 1 is 0.929 bits per heavy atom. The monoisotopic (exact) mass is 380 g/mol. The van der Waals surface area contributed by atoms with Gasteiger partial charge in [0.2, 0.25) is 0 Å². The van der Waals surface area contributed by atoms with Gasteiger partial charge in [0.15, 0.2) is 12.4 Å². The fourth-order valence-corrected chi connectivity index (χ4v) is 2.14. The highest BCUT2D eigenvalue weighted by atomic mass is 16.5. The van der Waals surface area contributed by atoms with Crippen LogP contribution >= 0.6 is 0 Å². The van der Waals surface area contributed by atoms with Crippen molar-refractivity contribution in [2.45, 2.75) is 6.92 Å². The fourth-order valence-electron chi connectivity index (χ4n) is 2.14. The van der Waals surface area contributed by atoms with Crippen LogP contribution in [0.4, 0.5) is 0 Å². The van der Waals surface area contributed by atoms with Crippen molar-refractivity contribution >= 4 is 17.7 Å². The van der Waals surface area contributed by atoms with Crippen molar-refractivity contribution < 1.29 is 28.6 Å². The van der Waals surface area contributed by atoms with Crippen molar-refractivity contribution in [2.24, 2.45) is 0 Å². The standard InChI is InChI=1S/C22H20O6/c1-3-4-5-9-21(24)27-15-20(23)16-10-12-18(13-11-16)28-22(25)17-7-6-8-19(14-17)26-2/h3-14H,15H2,1-2H3. The summed E-state index contributed by atoms with van der Waals surface area (Å²) in [5, 5.41) is 0. The molecule has 0 atom stereocenters. The van der Waals surface area contributed by atoms with E-state index >= 15 is 0 Å². The van der Waals surface area contributed by atoms with Crippen LogP contribution in [-0.4, -0.2) is 31.4 Å². The molecular weight excluding hydrogens is 360 g/mol. The summed E-state index contributed by atoms with van der Waals surface area (Å²) in [6.45, 7) is 1.44. The predicted molar refractivity (Wildman–Crippen MR) is 104 cm³/mol. The Morgan fingerprint density at radius 3 is 2.36 bits per heavy atom. The number of carbonyl (C=O) groups is 3. The Balaban J connectivity index is 1.92. The molecule has 0 fully saturated rings. The number of rotatable bonds is 8. The molecule has 0 saturated carbocycles. The van der Waals surface area contributed by atoms with Crippen molar-refractivity contribution in [3.05, 3.63) is 84.0 Å². The van der Waals surface area contributed by atoms with Crippen LogP contribution in [0, 0.1) is 0 Å². The molecule has 0 bridgehead atoms. The minimum atomic E-state index is -0.602. The number of methoxy groups -OCH3 is 1. The third kappa shape index (κ3) is 6.25. The molecule has 2 aromatic carbocycles. The molecular formula is C22H20O6. The number of ketones is 1. The first-order chi connectivity index (χ1) is 13.5. The van der Waals surface area contributed by atoms with Gasteiger partial charge in [-0.25, -0.2) is 9.59 Å². The second-order valence-electron chi connectivity index (χ2n) is 5.56. The topological polar surface area (TPSA) is 78.9 Å². The number of carbonyl (C=O) groups excluding carboxylic acids is 3. The van der Waals surface area contributed by atoms with Gasteiger partial charge in [-0.3, -0.25) is 4.79 Å². The lowest BCUT2D eigenvalue weighted by atomic mass is 10.1. The van der Waals surface area contributed by atoms with Gasteiger partial charge >= 0.3 is 11.9 Å². The van der Waals surface area contributed by atoms with E-state index in [1.807, 2.05) is 6.92 Å². The molecule has 0 N–H and O–H groups in total. The lowest BCUT2D eigenvalue weighted by Crippen LogP contribution is -2.13. The number of benzene rings is 2. The molecule has 0 aliphatic carbocycles. The zero-order valence-corrected chi connectivity index (χ0v) is 15.6. The van der Waals surface area contributed by atoms with Gasteiger partial charge < -0.3 is 14.2 Å². The van der Waals surface area contributed by atoms with E-state index < -0.39 is 11.9 Å². The summed E-state index contributed by atoms with van der Waals surface area (Å²) in [4.78, 5) is 35.7. The average molecular weight is 380 g/mol. The van der Waals surface area contributed by atoms with Gasteiger partial charge in [-0.2, -0.15) is 0 Å². The quantitative estimate of drug-likeness (QED) is 0.228. The zero-order chi connectivity index (χ0) is 20.4. The minimum absolute atomic E-state index is 0.288.